The minimum Gasteiger partial charge on any atom is -0.0839 e. The Morgan fingerprint density at radius 2 is 1.36 bits per heavy atom. The fourth-order valence-corrected chi connectivity index (χ4v) is 7.55. The molecule has 6 aromatic carbocycles. The molecule has 0 saturated carbocycles. The quantitative estimate of drug-likeness (QED) is 0.184. The lowest BCUT2D eigenvalue weighted by molar-refractivity contribution is 0.962. The SMILES string of the molecule is CCC/C=C\c1cc(C2=C(c3ccc4ccccc4c3)CCC=C2)c2ccccc2c1-c1cc2ccccc2c2c1CCC=C2. The third-order valence-corrected chi connectivity index (χ3v) is 9.70. The van der Waals surface area contributed by atoms with E-state index in [2.05, 4.69) is 147 Å². The van der Waals surface area contributed by atoms with Gasteiger partial charge in [0.05, 0.1) is 0 Å². The number of benzene rings is 6. The van der Waals surface area contributed by atoms with E-state index < -0.39 is 0 Å². The zero-order valence-electron chi connectivity index (χ0n) is 26.0. The fraction of sp³-hybridized carbons (Fsp3) is 0.156. The average molecular weight is 579 g/mol. The standard InChI is InChI=1S/C45H38/c1-2-3-4-18-35-30-43(39-22-10-9-20-37(39)34-27-26-31-15-5-6-16-32(31)28-34)41-24-13-14-25-42(41)45(35)44-29-33-17-7-8-19-36(33)38-21-11-12-23-40(38)44/h4-8,10-11,13-19,21-22,24-30H,2-3,9,12,20,23H2,1H3/b18-4-. The Hall–Kier alpha value is -4.94. The molecule has 0 heterocycles. The lowest BCUT2D eigenvalue weighted by Crippen LogP contribution is -2.02. The van der Waals surface area contributed by atoms with Gasteiger partial charge in [-0.1, -0.05) is 135 Å². The van der Waals surface area contributed by atoms with Crippen molar-refractivity contribution in [3.05, 3.63) is 155 Å². The van der Waals surface area contributed by atoms with E-state index in [0.717, 1.165) is 38.5 Å². The Labute approximate surface area is 266 Å². The molecule has 2 aliphatic carbocycles. The van der Waals surface area contributed by atoms with Gasteiger partial charge in [0.15, 0.2) is 0 Å². The van der Waals surface area contributed by atoms with E-state index in [9.17, 15) is 0 Å². The van der Waals surface area contributed by atoms with Crippen LogP contribution in [-0.4, -0.2) is 0 Å². The molecule has 0 heteroatoms. The Bertz CT molecular complexity index is 2220. The van der Waals surface area contributed by atoms with Crippen molar-refractivity contribution in [3.63, 3.8) is 0 Å². The molecular formula is C45H38. The number of fused-ring (bicyclic) bond motifs is 5. The molecule has 0 nitrogen and oxygen atoms in total. The van der Waals surface area contributed by atoms with E-state index in [4.69, 9.17) is 0 Å². The van der Waals surface area contributed by atoms with Gasteiger partial charge >= 0.3 is 0 Å². The third kappa shape index (κ3) is 4.95. The first-order valence-electron chi connectivity index (χ1n) is 16.6. The summed E-state index contributed by atoms with van der Waals surface area (Å²) >= 11 is 0. The largest absolute Gasteiger partial charge is 0.0839 e. The van der Waals surface area contributed by atoms with Crippen LogP contribution in [0.5, 0.6) is 0 Å². The van der Waals surface area contributed by atoms with Gasteiger partial charge < -0.3 is 0 Å². The van der Waals surface area contributed by atoms with Crippen molar-refractivity contribution < 1.29 is 0 Å². The molecule has 0 aromatic heterocycles. The molecule has 0 N–H and O–H groups in total. The van der Waals surface area contributed by atoms with E-state index in [1.165, 1.54) is 82.4 Å². The maximum absolute atomic E-state index is 2.50. The summed E-state index contributed by atoms with van der Waals surface area (Å²) in [5.74, 6) is 0. The van der Waals surface area contributed by atoms with Gasteiger partial charge in [0, 0.05) is 0 Å². The minimum absolute atomic E-state index is 1.05. The first-order chi connectivity index (χ1) is 22.3. The third-order valence-electron chi connectivity index (χ3n) is 9.70. The van der Waals surface area contributed by atoms with E-state index in [1.807, 2.05) is 0 Å². The van der Waals surface area contributed by atoms with Gasteiger partial charge in [-0.05, 0) is 133 Å². The summed E-state index contributed by atoms with van der Waals surface area (Å²) in [6, 6.07) is 38.7. The molecular weight excluding hydrogens is 540 g/mol. The number of hydrogen-bond donors (Lipinski definition) is 0. The van der Waals surface area contributed by atoms with Gasteiger partial charge in [-0.25, -0.2) is 0 Å². The number of allylic oxidation sites excluding steroid dienone is 6. The molecule has 0 saturated heterocycles. The predicted octanol–water partition coefficient (Wildman–Crippen LogP) is 12.8. The highest BCUT2D eigenvalue weighted by molar-refractivity contribution is 6.12. The van der Waals surface area contributed by atoms with Crippen LogP contribution in [0.15, 0.2) is 127 Å². The highest BCUT2D eigenvalue weighted by Gasteiger charge is 2.22. The Morgan fingerprint density at radius 3 is 2.22 bits per heavy atom. The number of unbranched alkanes of at least 4 members (excludes halogenated alkanes) is 1. The van der Waals surface area contributed by atoms with Gasteiger partial charge in [0.2, 0.25) is 0 Å². The van der Waals surface area contributed by atoms with Crippen LogP contribution in [-0.2, 0) is 6.42 Å². The summed E-state index contributed by atoms with van der Waals surface area (Å²) in [6.45, 7) is 2.26. The Morgan fingerprint density at radius 1 is 0.622 bits per heavy atom. The summed E-state index contributed by atoms with van der Waals surface area (Å²) in [5, 5.41) is 7.92. The van der Waals surface area contributed by atoms with E-state index >= 15 is 0 Å². The van der Waals surface area contributed by atoms with E-state index in [-0.39, 0.29) is 0 Å². The molecule has 45 heavy (non-hydrogen) atoms. The average Bonchev–Trinajstić information content (AvgIpc) is 3.11. The second-order valence-electron chi connectivity index (χ2n) is 12.5. The molecule has 0 radical (unpaired) electrons. The molecule has 0 fully saturated rings. The van der Waals surface area contributed by atoms with Crippen LogP contribution in [0.3, 0.4) is 0 Å². The van der Waals surface area contributed by atoms with E-state index in [0.29, 0.717) is 0 Å². The van der Waals surface area contributed by atoms with Crippen molar-refractivity contribution in [3.8, 4) is 11.1 Å². The molecule has 0 atom stereocenters. The lowest BCUT2D eigenvalue weighted by Gasteiger charge is -2.24. The van der Waals surface area contributed by atoms with Crippen LogP contribution in [0, 0.1) is 0 Å². The molecule has 0 amide bonds. The fourth-order valence-electron chi connectivity index (χ4n) is 7.55. The first kappa shape index (κ1) is 27.6. The topological polar surface area (TPSA) is 0 Å². The van der Waals surface area contributed by atoms with Crippen molar-refractivity contribution >= 4 is 55.6 Å². The minimum atomic E-state index is 1.05. The van der Waals surface area contributed by atoms with Crippen LogP contribution in [0.25, 0.3) is 66.7 Å². The second-order valence-corrected chi connectivity index (χ2v) is 12.5. The highest BCUT2D eigenvalue weighted by Crippen LogP contribution is 2.45. The molecule has 218 valence electrons. The zero-order valence-corrected chi connectivity index (χ0v) is 26.0. The number of hydrogen-bond acceptors (Lipinski definition) is 0. The smallest absolute Gasteiger partial charge is 0.00293 e. The van der Waals surface area contributed by atoms with Gasteiger partial charge in [-0.2, -0.15) is 0 Å². The molecule has 0 spiro atoms. The highest BCUT2D eigenvalue weighted by atomic mass is 14.3. The maximum Gasteiger partial charge on any atom is -0.00293 e. The summed E-state index contributed by atoms with van der Waals surface area (Å²) in [4.78, 5) is 0. The van der Waals surface area contributed by atoms with Crippen LogP contribution in [0.1, 0.15) is 66.8 Å². The van der Waals surface area contributed by atoms with Gasteiger partial charge in [0.25, 0.3) is 0 Å². The first-order valence-corrected chi connectivity index (χ1v) is 16.6. The van der Waals surface area contributed by atoms with Crippen molar-refractivity contribution in [1.82, 2.24) is 0 Å². The van der Waals surface area contributed by atoms with Gasteiger partial charge in [0.1, 0.15) is 0 Å². The molecule has 8 rings (SSSR count). The number of rotatable bonds is 6. The maximum atomic E-state index is 2.50. The molecule has 2 aliphatic rings. The summed E-state index contributed by atoms with van der Waals surface area (Å²) in [7, 11) is 0. The normalized spacial score (nSPS) is 14.7. The monoisotopic (exact) mass is 578 g/mol. The van der Waals surface area contributed by atoms with Crippen molar-refractivity contribution in [1.29, 1.82) is 0 Å². The molecule has 6 aromatic rings. The molecule has 0 bridgehead atoms. The van der Waals surface area contributed by atoms with Crippen LogP contribution < -0.4 is 0 Å². The van der Waals surface area contributed by atoms with Crippen molar-refractivity contribution in [2.24, 2.45) is 0 Å². The van der Waals surface area contributed by atoms with Crippen molar-refractivity contribution in [2.45, 2.75) is 45.4 Å². The predicted molar refractivity (Wildman–Crippen MR) is 197 cm³/mol. The summed E-state index contributed by atoms with van der Waals surface area (Å²) in [6.07, 6.45) is 20.7. The van der Waals surface area contributed by atoms with E-state index in [1.54, 1.807) is 0 Å². The second kappa shape index (κ2) is 11.9. The van der Waals surface area contributed by atoms with Gasteiger partial charge in [-0.3, -0.25) is 0 Å². The molecule has 0 unspecified atom stereocenters. The van der Waals surface area contributed by atoms with Crippen LogP contribution >= 0.6 is 0 Å². The summed E-state index contributed by atoms with van der Waals surface area (Å²) in [5.41, 5.74) is 12.4. The Kier molecular flexibility index (Phi) is 7.28. The van der Waals surface area contributed by atoms with Crippen LogP contribution in [0.4, 0.5) is 0 Å². The molecule has 0 aliphatic heterocycles. The van der Waals surface area contributed by atoms with Crippen molar-refractivity contribution in [2.75, 3.05) is 0 Å². The lowest BCUT2D eigenvalue weighted by atomic mass is 9.80. The Balaban J connectivity index is 1.43. The van der Waals surface area contributed by atoms with Gasteiger partial charge in [-0.15, -0.1) is 0 Å². The summed E-state index contributed by atoms with van der Waals surface area (Å²) < 4.78 is 0. The zero-order chi connectivity index (χ0) is 30.2. The van der Waals surface area contributed by atoms with Crippen LogP contribution in [0.2, 0.25) is 0 Å².